The second-order valence-electron chi connectivity index (χ2n) is 3.90. The Morgan fingerprint density at radius 3 is 2.90 bits per heavy atom. The fourth-order valence-corrected chi connectivity index (χ4v) is 1.58. The lowest BCUT2D eigenvalue weighted by molar-refractivity contribution is -0.117. The summed E-state index contributed by atoms with van der Waals surface area (Å²) in [5.74, 6) is -0.428. The summed E-state index contributed by atoms with van der Waals surface area (Å²) in [6.45, 7) is 1.02. The van der Waals surface area contributed by atoms with Crippen LogP contribution >= 0.6 is 11.6 Å². The number of hydrogen-bond acceptors (Lipinski definition) is 4. The van der Waals surface area contributed by atoms with Crippen molar-refractivity contribution in [3.05, 3.63) is 41.1 Å². The average molecular weight is 294 g/mol. The molecule has 6 heteroatoms. The fourth-order valence-electron chi connectivity index (χ4n) is 1.39. The zero-order chi connectivity index (χ0) is 14.8. The van der Waals surface area contributed by atoms with Gasteiger partial charge in [-0.1, -0.05) is 23.7 Å². The Morgan fingerprint density at radius 1 is 1.50 bits per heavy atom. The number of ether oxygens (including phenoxy) is 1. The molecule has 0 unspecified atom stereocenters. The molecule has 1 amide bonds. The molecule has 0 heterocycles. The number of hydrogen-bond donors (Lipinski definition) is 2. The third-order valence-corrected chi connectivity index (χ3v) is 2.75. The quantitative estimate of drug-likeness (QED) is 0.460. The molecule has 5 nitrogen and oxygen atoms in total. The van der Waals surface area contributed by atoms with Gasteiger partial charge in [-0.25, -0.2) is 0 Å². The number of halogens is 1. The van der Waals surface area contributed by atoms with E-state index < -0.39 is 5.91 Å². The zero-order valence-corrected chi connectivity index (χ0v) is 11.9. The summed E-state index contributed by atoms with van der Waals surface area (Å²) in [6, 6.07) is 8.92. The summed E-state index contributed by atoms with van der Waals surface area (Å²) in [6.07, 6.45) is 2.03. The normalized spacial score (nSPS) is 10.8. The van der Waals surface area contributed by atoms with Gasteiger partial charge in [-0.05, 0) is 18.6 Å². The second kappa shape index (κ2) is 8.97. The maximum Gasteiger partial charge on any atom is 0.263 e. The molecule has 0 saturated carbocycles. The van der Waals surface area contributed by atoms with E-state index in [0.717, 1.165) is 0 Å². The minimum Gasteiger partial charge on any atom is -0.385 e. The summed E-state index contributed by atoms with van der Waals surface area (Å²) in [7, 11) is 1.59. The Balaban J connectivity index is 2.57. The Hall–Kier alpha value is -2.03. The topological polar surface area (TPSA) is 74.1 Å². The SMILES string of the molecule is COCCCNC(=O)/C(C#N)=C\Nc1ccccc1Cl. The Morgan fingerprint density at radius 2 is 2.25 bits per heavy atom. The largest absolute Gasteiger partial charge is 0.385 e. The molecule has 2 N–H and O–H groups in total. The first-order valence-electron chi connectivity index (χ1n) is 6.07. The summed E-state index contributed by atoms with van der Waals surface area (Å²) in [4.78, 5) is 11.7. The first kappa shape index (κ1) is 16.0. The van der Waals surface area contributed by atoms with E-state index >= 15 is 0 Å². The summed E-state index contributed by atoms with van der Waals surface area (Å²) >= 11 is 5.96. The van der Waals surface area contributed by atoms with Gasteiger partial charge < -0.3 is 15.4 Å². The minimum atomic E-state index is -0.428. The maximum atomic E-state index is 11.7. The van der Waals surface area contributed by atoms with Crippen LogP contribution < -0.4 is 10.6 Å². The van der Waals surface area contributed by atoms with Crippen LogP contribution in [0.1, 0.15) is 6.42 Å². The van der Waals surface area contributed by atoms with Crippen molar-refractivity contribution in [3.63, 3.8) is 0 Å². The predicted molar refractivity (Wildman–Crippen MR) is 78.3 cm³/mol. The molecule has 1 aromatic carbocycles. The van der Waals surface area contributed by atoms with Crippen LogP contribution in [0.15, 0.2) is 36.0 Å². The highest BCUT2D eigenvalue weighted by Crippen LogP contribution is 2.20. The van der Waals surface area contributed by atoms with Crippen molar-refractivity contribution >= 4 is 23.2 Å². The van der Waals surface area contributed by atoms with Crippen molar-refractivity contribution in [2.45, 2.75) is 6.42 Å². The third-order valence-electron chi connectivity index (χ3n) is 2.42. The van der Waals surface area contributed by atoms with Crippen molar-refractivity contribution in [1.29, 1.82) is 5.26 Å². The van der Waals surface area contributed by atoms with Crippen LogP contribution in [-0.2, 0) is 9.53 Å². The number of carbonyl (C=O) groups is 1. The zero-order valence-electron chi connectivity index (χ0n) is 11.1. The number of nitrogens with one attached hydrogen (secondary N) is 2. The molecule has 1 rings (SSSR count). The van der Waals surface area contributed by atoms with Crippen LogP contribution in [0, 0.1) is 11.3 Å². The van der Waals surface area contributed by atoms with E-state index in [4.69, 9.17) is 21.6 Å². The number of rotatable bonds is 7. The number of benzene rings is 1. The molecular formula is C14H16ClN3O2. The molecule has 0 aliphatic heterocycles. The van der Waals surface area contributed by atoms with E-state index in [1.807, 2.05) is 6.07 Å². The van der Waals surface area contributed by atoms with E-state index in [1.54, 1.807) is 31.4 Å². The standard InChI is InChI=1S/C14H16ClN3O2/c1-20-8-4-7-17-14(19)11(9-16)10-18-13-6-3-2-5-12(13)15/h2-3,5-6,10,18H,4,7-8H2,1H3,(H,17,19)/b11-10-. The monoisotopic (exact) mass is 293 g/mol. The molecule has 0 fully saturated rings. The number of methoxy groups -OCH3 is 1. The van der Waals surface area contributed by atoms with Gasteiger partial charge in [0.25, 0.3) is 5.91 Å². The number of nitrogens with zero attached hydrogens (tertiary/aromatic N) is 1. The summed E-state index contributed by atoms with van der Waals surface area (Å²) in [5.41, 5.74) is 0.622. The molecule has 0 saturated heterocycles. The number of para-hydroxylation sites is 1. The fraction of sp³-hybridized carbons (Fsp3) is 0.286. The van der Waals surface area contributed by atoms with E-state index in [2.05, 4.69) is 10.6 Å². The van der Waals surface area contributed by atoms with Crippen LogP contribution in [0.5, 0.6) is 0 Å². The van der Waals surface area contributed by atoms with Crippen molar-refractivity contribution in [2.75, 3.05) is 25.6 Å². The Labute approximate surface area is 123 Å². The van der Waals surface area contributed by atoms with E-state index in [0.29, 0.717) is 30.3 Å². The molecule has 0 bridgehead atoms. The third kappa shape index (κ3) is 5.31. The van der Waals surface area contributed by atoms with Gasteiger partial charge in [0.05, 0.1) is 10.7 Å². The van der Waals surface area contributed by atoms with Crippen LogP contribution in [0.25, 0.3) is 0 Å². The molecule has 0 aromatic heterocycles. The second-order valence-corrected chi connectivity index (χ2v) is 4.30. The summed E-state index contributed by atoms with van der Waals surface area (Å²) < 4.78 is 4.87. The van der Waals surface area contributed by atoms with Crippen LogP contribution in [-0.4, -0.2) is 26.2 Å². The molecule has 0 radical (unpaired) electrons. The number of amides is 1. The van der Waals surface area contributed by atoms with Gasteiger partial charge in [0.1, 0.15) is 11.6 Å². The van der Waals surface area contributed by atoms with Gasteiger partial charge in [-0.3, -0.25) is 4.79 Å². The van der Waals surface area contributed by atoms with Gasteiger partial charge >= 0.3 is 0 Å². The van der Waals surface area contributed by atoms with Crippen LogP contribution in [0.3, 0.4) is 0 Å². The number of nitriles is 1. The van der Waals surface area contributed by atoms with Crippen LogP contribution in [0.4, 0.5) is 5.69 Å². The Kier molecular flexibility index (Phi) is 7.18. The van der Waals surface area contributed by atoms with Gasteiger partial charge in [-0.15, -0.1) is 0 Å². The average Bonchev–Trinajstić information content (AvgIpc) is 2.46. The van der Waals surface area contributed by atoms with Gasteiger partial charge in [0.15, 0.2) is 0 Å². The highest BCUT2D eigenvalue weighted by Gasteiger charge is 2.08. The molecule has 20 heavy (non-hydrogen) atoms. The van der Waals surface area contributed by atoms with Gasteiger partial charge in [-0.2, -0.15) is 5.26 Å². The maximum absolute atomic E-state index is 11.7. The van der Waals surface area contributed by atoms with Gasteiger partial charge in [0.2, 0.25) is 0 Å². The lowest BCUT2D eigenvalue weighted by atomic mass is 10.2. The summed E-state index contributed by atoms with van der Waals surface area (Å²) in [5, 5.41) is 15.0. The van der Waals surface area contributed by atoms with Crippen molar-refractivity contribution < 1.29 is 9.53 Å². The molecule has 0 spiro atoms. The molecule has 106 valence electrons. The first-order valence-corrected chi connectivity index (χ1v) is 6.45. The van der Waals surface area contributed by atoms with Crippen LogP contribution in [0.2, 0.25) is 5.02 Å². The molecule has 1 aromatic rings. The smallest absolute Gasteiger partial charge is 0.263 e. The lowest BCUT2D eigenvalue weighted by Gasteiger charge is -2.05. The van der Waals surface area contributed by atoms with Gasteiger partial charge in [0, 0.05) is 26.5 Å². The number of anilines is 1. The van der Waals surface area contributed by atoms with Crippen molar-refractivity contribution in [3.8, 4) is 6.07 Å². The minimum absolute atomic E-state index is 0.0117. The number of carbonyl (C=O) groups excluding carboxylic acids is 1. The highest BCUT2D eigenvalue weighted by atomic mass is 35.5. The molecule has 0 aliphatic rings. The highest BCUT2D eigenvalue weighted by molar-refractivity contribution is 6.33. The lowest BCUT2D eigenvalue weighted by Crippen LogP contribution is -2.26. The first-order chi connectivity index (χ1) is 9.69. The molecule has 0 atom stereocenters. The van der Waals surface area contributed by atoms with E-state index in [1.165, 1.54) is 6.20 Å². The molecule has 0 aliphatic carbocycles. The van der Waals surface area contributed by atoms with E-state index in [9.17, 15) is 4.79 Å². The Bertz CT molecular complexity index is 523. The van der Waals surface area contributed by atoms with E-state index in [-0.39, 0.29) is 5.57 Å². The van der Waals surface area contributed by atoms with Crippen molar-refractivity contribution in [2.24, 2.45) is 0 Å². The van der Waals surface area contributed by atoms with Crippen molar-refractivity contribution in [1.82, 2.24) is 5.32 Å². The molecular weight excluding hydrogens is 278 g/mol. The predicted octanol–water partition coefficient (Wildman–Crippen LogP) is 2.31.